The van der Waals surface area contributed by atoms with Gasteiger partial charge in [0.1, 0.15) is 5.82 Å². The molecule has 1 N–H and O–H groups in total. The number of nitrogens with zero attached hydrogens (tertiary/aromatic N) is 1. The van der Waals surface area contributed by atoms with Gasteiger partial charge in [-0.2, -0.15) is 5.26 Å². The molecule has 1 rings (SSSR count). The van der Waals surface area contributed by atoms with Gasteiger partial charge in [-0.1, -0.05) is 6.07 Å². The number of benzene rings is 1. The van der Waals surface area contributed by atoms with Gasteiger partial charge in [0.2, 0.25) is 0 Å². The molecule has 72 valence electrons. The third kappa shape index (κ3) is 1.72. The first-order chi connectivity index (χ1) is 6.57. The van der Waals surface area contributed by atoms with Crippen LogP contribution in [0.1, 0.15) is 24.0 Å². The first-order valence-electron chi connectivity index (χ1n) is 3.99. The summed E-state index contributed by atoms with van der Waals surface area (Å²) in [6.07, 6.45) is 0. The molecular formula is C10H8FNO2. The SMILES string of the molecule is CC(C(=O)O)c1c(F)cccc1C#N. The summed E-state index contributed by atoms with van der Waals surface area (Å²) in [5.41, 5.74) is 0.0161. The van der Waals surface area contributed by atoms with Crippen molar-refractivity contribution in [3.8, 4) is 6.07 Å². The molecule has 0 amide bonds. The number of halogens is 1. The summed E-state index contributed by atoms with van der Waals surface area (Å²) in [5.74, 6) is -2.81. The fourth-order valence-corrected chi connectivity index (χ4v) is 1.20. The number of carboxylic acids is 1. The minimum absolute atomic E-state index is 0.0532. The molecule has 4 heteroatoms. The Kier molecular flexibility index (Phi) is 2.82. The van der Waals surface area contributed by atoms with Crippen LogP contribution in [0.5, 0.6) is 0 Å². The van der Waals surface area contributed by atoms with Gasteiger partial charge in [0.05, 0.1) is 17.6 Å². The maximum absolute atomic E-state index is 13.2. The van der Waals surface area contributed by atoms with Gasteiger partial charge in [-0.15, -0.1) is 0 Å². The van der Waals surface area contributed by atoms with Crippen LogP contribution in [0.25, 0.3) is 0 Å². The molecule has 1 aromatic rings. The first-order valence-corrected chi connectivity index (χ1v) is 3.99. The minimum atomic E-state index is -1.15. The first kappa shape index (κ1) is 10.2. The lowest BCUT2D eigenvalue weighted by molar-refractivity contribution is -0.138. The highest BCUT2D eigenvalue weighted by molar-refractivity contribution is 5.76. The highest BCUT2D eigenvalue weighted by Crippen LogP contribution is 2.22. The largest absolute Gasteiger partial charge is 0.481 e. The van der Waals surface area contributed by atoms with Crippen molar-refractivity contribution in [3.63, 3.8) is 0 Å². The Bertz CT molecular complexity index is 409. The van der Waals surface area contributed by atoms with Gasteiger partial charge in [-0.25, -0.2) is 4.39 Å². The molecule has 0 aliphatic heterocycles. The van der Waals surface area contributed by atoms with Gasteiger partial charge in [0.15, 0.2) is 0 Å². The zero-order valence-corrected chi connectivity index (χ0v) is 7.49. The van der Waals surface area contributed by atoms with E-state index < -0.39 is 17.7 Å². The molecule has 1 atom stereocenters. The van der Waals surface area contributed by atoms with Crippen LogP contribution in [0.4, 0.5) is 4.39 Å². The Morgan fingerprint density at radius 3 is 2.79 bits per heavy atom. The summed E-state index contributed by atoms with van der Waals surface area (Å²) >= 11 is 0. The maximum atomic E-state index is 13.2. The second-order valence-electron chi connectivity index (χ2n) is 2.87. The Hall–Kier alpha value is -1.89. The number of carboxylic acid groups (broad SMARTS) is 1. The molecule has 0 radical (unpaired) electrons. The maximum Gasteiger partial charge on any atom is 0.310 e. The molecule has 0 aromatic heterocycles. The average molecular weight is 193 g/mol. The number of rotatable bonds is 2. The normalized spacial score (nSPS) is 11.8. The van der Waals surface area contributed by atoms with Crippen LogP contribution in [0, 0.1) is 17.1 Å². The monoisotopic (exact) mass is 193 g/mol. The van der Waals surface area contributed by atoms with E-state index in [2.05, 4.69) is 0 Å². The molecular weight excluding hydrogens is 185 g/mol. The van der Waals surface area contributed by atoms with Crippen molar-refractivity contribution in [2.24, 2.45) is 0 Å². The van der Waals surface area contributed by atoms with Crippen LogP contribution in [-0.4, -0.2) is 11.1 Å². The zero-order chi connectivity index (χ0) is 10.7. The third-order valence-corrected chi connectivity index (χ3v) is 1.98. The van der Waals surface area contributed by atoms with Crippen molar-refractivity contribution < 1.29 is 14.3 Å². The van der Waals surface area contributed by atoms with Crippen molar-refractivity contribution in [3.05, 3.63) is 35.1 Å². The zero-order valence-electron chi connectivity index (χ0n) is 7.49. The van der Waals surface area contributed by atoms with Gasteiger partial charge >= 0.3 is 5.97 Å². The predicted molar refractivity (Wildman–Crippen MR) is 47.2 cm³/mol. The number of hydrogen-bond acceptors (Lipinski definition) is 2. The van der Waals surface area contributed by atoms with Crippen LogP contribution in [0.3, 0.4) is 0 Å². The van der Waals surface area contributed by atoms with E-state index >= 15 is 0 Å². The Morgan fingerprint density at radius 2 is 2.29 bits per heavy atom. The fourth-order valence-electron chi connectivity index (χ4n) is 1.20. The molecule has 0 aliphatic rings. The van der Waals surface area contributed by atoms with E-state index in [1.54, 1.807) is 6.07 Å². The summed E-state index contributed by atoms with van der Waals surface area (Å²) in [6, 6.07) is 5.70. The molecule has 0 aliphatic carbocycles. The third-order valence-electron chi connectivity index (χ3n) is 1.98. The van der Waals surface area contributed by atoms with Crippen molar-refractivity contribution in [1.82, 2.24) is 0 Å². The quantitative estimate of drug-likeness (QED) is 0.780. The average Bonchev–Trinajstić information content (AvgIpc) is 2.16. The van der Waals surface area contributed by atoms with Crippen LogP contribution < -0.4 is 0 Å². The number of carbonyl (C=O) groups is 1. The molecule has 3 nitrogen and oxygen atoms in total. The topological polar surface area (TPSA) is 61.1 Å². The molecule has 0 bridgehead atoms. The van der Waals surface area contributed by atoms with Crippen LogP contribution in [0.15, 0.2) is 18.2 Å². The minimum Gasteiger partial charge on any atom is -0.481 e. The van der Waals surface area contributed by atoms with Gasteiger partial charge < -0.3 is 5.11 Å². The van der Waals surface area contributed by atoms with Gasteiger partial charge in [-0.3, -0.25) is 4.79 Å². The second kappa shape index (κ2) is 3.88. The lowest BCUT2D eigenvalue weighted by Crippen LogP contribution is -2.11. The Labute approximate surface area is 80.4 Å². The van der Waals surface area contributed by atoms with Crippen LogP contribution in [-0.2, 0) is 4.79 Å². The van der Waals surface area contributed by atoms with E-state index in [0.717, 1.165) is 6.07 Å². The standard InChI is InChI=1S/C10H8FNO2/c1-6(10(13)14)9-7(5-12)3-2-4-8(9)11/h2-4,6H,1H3,(H,13,14). The number of aliphatic carboxylic acids is 1. The van der Waals surface area contributed by atoms with Crippen molar-refractivity contribution in [2.75, 3.05) is 0 Å². The Balaban J connectivity index is 3.32. The second-order valence-corrected chi connectivity index (χ2v) is 2.87. The number of nitriles is 1. The summed E-state index contributed by atoms with van der Waals surface area (Å²) < 4.78 is 13.2. The molecule has 0 spiro atoms. The molecule has 0 saturated heterocycles. The highest BCUT2D eigenvalue weighted by Gasteiger charge is 2.21. The van der Waals surface area contributed by atoms with Crippen LogP contribution in [0.2, 0.25) is 0 Å². The fraction of sp³-hybridized carbons (Fsp3) is 0.200. The number of hydrogen-bond donors (Lipinski definition) is 1. The van der Waals surface area contributed by atoms with E-state index in [4.69, 9.17) is 10.4 Å². The van der Waals surface area contributed by atoms with E-state index in [1.165, 1.54) is 19.1 Å². The van der Waals surface area contributed by atoms with E-state index in [1.807, 2.05) is 0 Å². The van der Waals surface area contributed by atoms with Gasteiger partial charge in [0.25, 0.3) is 0 Å². The summed E-state index contributed by atoms with van der Waals surface area (Å²) in [4.78, 5) is 10.6. The van der Waals surface area contributed by atoms with Crippen molar-refractivity contribution >= 4 is 5.97 Å². The molecule has 14 heavy (non-hydrogen) atoms. The van der Waals surface area contributed by atoms with E-state index in [0.29, 0.717) is 0 Å². The molecule has 0 fully saturated rings. The Morgan fingerprint density at radius 1 is 1.64 bits per heavy atom. The summed E-state index contributed by atoms with van der Waals surface area (Å²) in [6.45, 7) is 1.35. The predicted octanol–water partition coefficient (Wildman–Crippen LogP) is 1.89. The van der Waals surface area contributed by atoms with Gasteiger partial charge in [0, 0.05) is 5.56 Å². The lowest BCUT2D eigenvalue weighted by Gasteiger charge is -2.09. The smallest absolute Gasteiger partial charge is 0.310 e. The van der Waals surface area contributed by atoms with Gasteiger partial charge in [-0.05, 0) is 19.1 Å². The summed E-state index contributed by atoms with van der Waals surface area (Å²) in [7, 11) is 0. The molecule has 1 aromatic carbocycles. The van der Waals surface area contributed by atoms with E-state index in [-0.39, 0.29) is 11.1 Å². The van der Waals surface area contributed by atoms with E-state index in [9.17, 15) is 9.18 Å². The summed E-state index contributed by atoms with van der Waals surface area (Å²) in [5, 5.41) is 17.4. The molecule has 1 unspecified atom stereocenters. The molecule has 0 heterocycles. The molecule has 0 saturated carbocycles. The highest BCUT2D eigenvalue weighted by atomic mass is 19.1. The lowest BCUT2D eigenvalue weighted by atomic mass is 9.96. The van der Waals surface area contributed by atoms with Crippen LogP contribution >= 0.6 is 0 Å². The van der Waals surface area contributed by atoms with Crippen molar-refractivity contribution in [1.29, 1.82) is 5.26 Å². The van der Waals surface area contributed by atoms with Crippen molar-refractivity contribution in [2.45, 2.75) is 12.8 Å².